The predicted octanol–water partition coefficient (Wildman–Crippen LogP) is 4.31. The van der Waals surface area contributed by atoms with Crippen LogP contribution in [0.1, 0.15) is 17.2 Å². The fraction of sp³-hybridized carbons (Fsp3) is 0.0500. The molecule has 2 N–H and O–H groups in total. The van der Waals surface area contributed by atoms with E-state index in [4.69, 9.17) is 23.2 Å². The fourth-order valence-corrected chi connectivity index (χ4v) is 3.44. The van der Waals surface area contributed by atoms with Crippen LogP contribution < -0.4 is 5.32 Å². The summed E-state index contributed by atoms with van der Waals surface area (Å²) in [4.78, 5) is 40.9. The van der Waals surface area contributed by atoms with E-state index in [0.717, 1.165) is 15.8 Å². The Labute approximate surface area is 169 Å². The third-order valence-electron chi connectivity index (χ3n) is 4.50. The summed E-state index contributed by atoms with van der Waals surface area (Å²) in [5.74, 6) is -0.583. The van der Waals surface area contributed by atoms with Gasteiger partial charge in [0.2, 0.25) is 0 Å². The fourth-order valence-electron chi connectivity index (χ4n) is 3.15. The number of hydrogen-bond acceptors (Lipinski definition) is 3. The van der Waals surface area contributed by atoms with Gasteiger partial charge in [-0.3, -0.25) is 4.79 Å². The largest absolute Gasteiger partial charge is 0.361 e. The van der Waals surface area contributed by atoms with Gasteiger partial charge in [0.1, 0.15) is 18.0 Å². The van der Waals surface area contributed by atoms with Gasteiger partial charge in [-0.2, -0.15) is 0 Å². The average molecular weight is 414 g/mol. The Hall–Kier alpha value is -3.09. The quantitative estimate of drug-likeness (QED) is 0.379. The van der Waals surface area contributed by atoms with E-state index in [1.807, 2.05) is 6.07 Å². The summed E-state index contributed by atoms with van der Waals surface area (Å²) in [6.45, 7) is 0. The van der Waals surface area contributed by atoms with E-state index in [2.05, 4.69) is 10.3 Å². The summed E-state index contributed by atoms with van der Waals surface area (Å²) in [5.41, 5.74) is 2.10. The Bertz CT molecular complexity index is 1140. The van der Waals surface area contributed by atoms with Crippen molar-refractivity contribution >= 4 is 58.4 Å². The van der Waals surface area contributed by atoms with Crippen LogP contribution >= 0.6 is 23.2 Å². The van der Waals surface area contributed by atoms with Gasteiger partial charge in [0, 0.05) is 32.7 Å². The van der Waals surface area contributed by atoms with Gasteiger partial charge < -0.3 is 15.1 Å². The highest BCUT2D eigenvalue weighted by atomic mass is 35.5. The molecule has 0 spiro atoms. The average Bonchev–Trinajstić information content (AvgIpc) is 3.19. The minimum atomic E-state index is -1.04. The van der Waals surface area contributed by atoms with Gasteiger partial charge in [0.15, 0.2) is 0 Å². The number of aromatic nitrogens is 1. The number of urea groups is 1. The highest BCUT2D eigenvalue weighted by Crippen LogP contribution is 2.28. The molecule has 1 aliphatic heterocycles. The van der Waals surface area contributed by atoms with E-state index in [0.29, 0.717) is 27.5 Å². The molecule has 3 amide bonds. The van der Waals surface area contributed by atoms with Gasteiger partial charge in [0.05, 0.1) is 0 Å². The molecule has 6 nitrogen and oxygen atoms in total. The van der Waals surface area contributed by atoms with Gasteiger partial charge in [-0.05, 0) is 35.9 Å². The number of hydrogen-bond donors (Lipinski definition) is 2. The number of nitrogens with one attached hydrogen (secondary N) is 2. The summed E-state index contributed by atoms with van der Waals surface area (Å²) < 4.78 is 0. The van der Waals surface area contributed by atoms with Crippen molar-refractivity contribution in [3.8, 4) is 0 Å². The minimum absolute atomic E-state index is 0.0849. The van der Waals surface area contributed by atoms with Crippen LogP contribution in [0.25, 0.3) is 17.0 Å². The van der Waals surface area contributed by atoms with Gasteiger partial charge in [-0.1, -0.05) is 41.4 Å². The number of amides is 3. The summed E-state index contributed by atoms with van der Waals surface area (Å²) in [6, 6.07) is 10.0. The van der Waals surface area contributed by atoms with E-state index in [-0.39, 0.29) is 5.70 Å². The monoisotopic (exact) mass is 413 g/mol. The molecule has 1 saturated heterocycles. The molecule has 0 bridgehead atoms. The van der Waals surface area contributed by atoms with Gasteiger partial charge in [-0.25, -0.2) is 9.69 Å². The Morgan fingerprint density at radius 2 is 1.71 bits per heavy atom. The van der Waals surface area contributed by atoms with Crippen molar-refractivity contribution in [1.29, 1.82) is 0 Å². The molecule has 0 radical (unpaired) electrons. The zero-order chi connectivity index (χ0) is 19.8. The molecule has 4 rings (SSSR count). The maximum atomic E-state index is 12.8. The smallest absolute Gasteiger partial charge is 0.329 e. The van der Waals surface area contributed by atoms with E-state index in [1.165, 1.54) is 0 Å². The number of halogens is 2. The molecular weight excluding hydrogens is 401 g/mol. The first-order chi connectivity index (χ1) is 13.5. The second-order valence-electron chi connectivity index (χ2n) is 6.23. The molecule has 2 heterocycles. The molecule has 1 unspecified atom stereocenters. The standard InChI is InChI=1S/C20H13Cl2N3O3/c21-13-3-1-11(2-4-13)18(10-26)25-19(27)17(24-20(25)28)7-12-9-23-16-8-14(22)5-6-15(12)16/h1-10,18,23H,(H,24,28)/b17-7-. The molecule has 1 aromatic heterocycles. The third kappa shape index (κ3) is 3.17. The summed E-state index contributed by atoms with van der Waals surface area (Å²) in [5, 5.41) is 4.46. The van der Waals surface area contributed by atoms with Crippen molar-refractivity contribution in [2.24, 2.45) is 0 Å². The Morgan fingerprint density at radius 3 is 2.43 bits per heavy atom. The number of imide groups is 1. The Balaban J connectivity index is 1.68. The number of fused-ring (bicyclic) bond motifs is 1. The van der Waals surface area contributed by atoms with Crippen LogP contribution in [-0.4, -0.2) is 28.1 Å². The molecule has 1 fully saturated rings. The predicted molar refractivity (Wildman–Crippen MR) is 107 cm³/mol. The number of aldehydes is 1. The molecule has 0 aliphatic carbocycles. The van der Waals surface area contributed by atoms with E-state index in [1.54, 1.807) is 48.7 Å². The molecular formula is C20H13Cl2N3O3. The number of nitrogens with zero attached hydrogens (tertiary/aromatic N) is 1. The Kier molecular flexibility index (Phi) is 4.66. The molecule has 1 aliphatic rings. The van der Waals surface area contributed by atoms with E-state index >= 15 is 0 Å². The molecule has 0 saturated carbocycles. The van der Waals surface area contributed by atoms with Crippen molar-refractivity contribution in [1.82, 2.24) is 15.2 Å². The van der Waals surface area contributed by atoms with Crippen LogP contribution in [0.5, 0.6) is 0 Å². The minimum Gasteiger partial charge on any atom is -0.361 e. The second kappa shape index (κ2) is 7.14. The number of H-pyrrole nitrogens is 1. The van der Waals surface area contributed by atoms with Crippen molar-refractivity contribution < 1.29 is 14.4 Å². The zero-order valence-electron chi connectivity index (χ0n) is 14.3. The van der Waals surface area contributed by atoms with Crippen LogP contribution in [0.15, 0.2) is 54.4 Å². The van der Waals surface area contributed by atoms with Crippen LogP contribution in [0.2, 0.25) is 10.0 Å². The number of benzene rings is 2. The van der Waals surface area contributed by atoms with Crippen molar-refractivity contribution in [3.63, 3.8) is 0 Å². The first kappa shape index (κ1) is 18.3. The Morgan fingerprint density at radius 1 is 1.00 bits per heavy atom. The van der Waals surface area contributed by atoms with Crippen molar-refractivity contribution in [3.05, 3.63) is 75.5 Å². The molecule has 3 aromatic rings. The molecule has 28 heavy (non-hydrogen) atoms. The van der Waals surface area contributed by atoms with Gasteiger partial charge in [-0.15, -0.1) is 0 Å². The molecule has 1 atom stereocenters. The van der Waals surface area contributed by atoms with Gasteiger partial charge >= 0.3 is 6.03 Å². The molecule has 2 aromatic carbocycles. The van der Waals surface area contributed by atoms with Crippen molar-refractivity contribution in [2.75, 3.05) is 0 Å². The second-order valence-corrected chi connectivity index (χ2v) is 7.10. The first-order valence-corrected chi connectivity index (χ1v) is 9.07. The molecule has 8 heteroatoms. The summed E-state index contributed by atoms with van der Waals surface area (Å²) in [6.07, 6.45) is 3.83. The lowest BCUT2D eigenvalue weighted by atomic mass is 10.1. The van der Waals surface area contributed by atoms with Crippen LogP contribution in [0.3, 0.4) is 0 Å². The number of rotatable bonds is 4. The number of aromatic amines is 1. The SMILES string of the molecule is O=CC(c1ccc(Cl)cc1)N1C(=O)N/C(=C\c2c[nH]c3cc(Cl)ccc23)C1=O. The highest BCUT2D eigenvalue weighted by molar-refractivity contribution is 6.31. The van der Waals surface area contributed by atoms with E-state index in [9.17, 15) is 14.4 Å². The third-order valence-corrected chi connectivity index (χ3v) is 4.99. The maximum Gasteiger partial charge on any atom is 0.329 e. The van der Waals surface area contributed by atoms with Crippen LogP contribution in [0, 0.1) is 0 Å². The normalized spacial score (nSPS) is 16.6. The number of carbonyl (C=O) groups excluding carboxylic acids is 3. The lowest BCUT2D eigenvalue weighted by molar-refractivity contribution is -0.128. The molecule has 140 valence electrons. The summed E-state index contributed by atoms with van der Waals surface area (Å²) in [7, 11) is 0. The van der Waals surface area contributed by atoms with Crippen LogP contribution in [-0.2, 0) is 9.59 Å². The first-order valence-electron chi connectivity index (χ1n) is 8.31. The van der Waals surface area contributed by atoms with Gasteiger partial charge in [0.25, 0.3) is 5.91 Å². The van der Waals surface area contributed by atoms with Crippen molar-refractivity contribution in [2.45, 2.75) is 6.04 Å². The maximum absolute atomic E-state index is 12.8. The zero-order valence-corrected chi connectivity index (χ0v) is 15.8. The lowest BCUT2D eigenvalue weighted by Gasteiger charge is -2.19. The highest BCUT2D eigenvalue weighted by Gasteiger charge is 2.39. The van der Waals surface area contributed by atoms with E-state index < -0.39 is 18.0 Å². The number of carbonyl (C=O) groups is 3. The van der Waals surface area contributed by atoms with Crippen LogP contribution in [0.4, 0.5) is 4.79 Å². The lowest BCUT2D eigenvalue weighted by Crippen LogP contribution is -2.35. The summed E-state index contributed by atoms with van der Waals surface area (Å²) >= 11 is 11.9. The topological polar surface area (TPSA) is 82.3 Å².